The lowest BCUT2D eigenvalue weighted by Gasteiger charge is -2.45. The molecule has 4 rings (SSSR count). The molecule has 2 heterocycles. The average molecular weight is 381 g/mol. The largest absolute Gasteiger partial charge is 0.421 e. The second-order valence-electron chi connectivity index (χ2n) is 7.47. The van der Waals surface area contributed by atoms with Crippen molar-refractivity contribution in [2.75, 3.05) is 4.90 Å². The van der Waals surface area contributed by atoms with Crippen LogP contribution in [0.1, 0.15) is 57.8 Å². The van der Waals surface area contributed by atoms with Crippen molar-refractivity contribution >= 4 is 17.6 Å². The summed E-state index contributed by atoms with van der Waals surface area (Å²) in [6, 6.07) is 7.94. The summed E-state index contributed by atoms with van der Waals surface area (Å²) in [5, 5.41) is 8.31. The molecule has 4 N–H and O–H groups in total. The number of aromatic nitrogens is 2. The monoisotopic (exact) mass is 381 g/mol. The highest BCUT2D eigenvalue weighted by Gasteiger charge is 2.42. The minimum Gasteiger partial charge on any atom is -0.421 e. The lowest BCUT2D eigenvalue weighted by atomic mass is 9.87. The van der Waals surface area contributed by atoms with Crippen LogP contribution in [-0.2, 0) is 6.42 Å². The maximum Gasteiger partial charge on any atom is 0.247 e. The summed E-state index contributed by atoms with van der Waals surface area (Å²) in [5.74, 6) is 1.87. The molecule has 0 radical (unpaired) electrons. The summed E-state index contributed by atoms with van der Waals surface area (Å²) < 4.78 is 5.78. The standard InChI is InChI=1S/C20H27N7O/c1-2-3-7-16-25-26-17(28-16)14-8-10-15(11-9-14)27-19(22)23-18(21)24-20(27)12-5-4-6-13-20/h8-11H,2-7,12-13H2,1H3,(H4,21,22,23,24). The van der Waals surface area contributed by atoms with E-state index in [1.165, 1.54) is 6.42 Å². The molecule has 2 aliphatic rings. The number of hydrogen-bond donors (Lipinski definition) is 2. The van der Waals surface area contributed by atoms with Crippen LogP contribution in [0.25, 0.3) is 11.5 Å². The molecule has 1 aromatic carbocycles. The van der Waals surface area contributed by atoms with Gasteiger partial charge in [0.15, 0.2) is 0 Å². The fourth-order valence-electron chi connectivity index (χ4n) is 4.05. The number of anilines is 1. The normalized spacial score (nSPS) is 18.8. The van der Waals surface area contributed by atoms with E-state index >= 15 is 0 Å². The van der Waals surface area contributed by atoms with E-state index in [9.17, 15) is 0 Å². The molecular weight excluding hydrogens is 354 g/mol. The fourth-order valence-corrected chi connectivity index (χ4v) is 4.05. The highest BCUT2D eigenvalue weighted by molar-refractivity contribution is 6.05. The molecule has 148 valence electrons. The van der Waals surface area contributed by atoms with Crippen LogP contribution in [0, 0.1) is 0 Å². The van der Waals surface area contributed by atoms with Crippen LogP contribution in [0.3, 0.4) is 0 Å². The second kappa shape index (κ2) is 7.61. The molecule has 1 aliphatic carbocycles. The highest BCUT2D eigenvalue weighted by Crippen LogP contribution is 2.39. The fraction of sp³-hybridized carbons (Fsp3) is 0.500. The van der Waals surface area contributed by atoms with Crippen LogP contribution in [0.2, 0.25) is 0 Å². The Labute approximate surface area is 164 Å². The first-order chi connectivity index (χ1) is 13.6. The van der Waals surface area contributed by atoms with Gasteiger partial charge < -0.3 is 15.9 Å². The molecule has 1 fully saturated rings. The minimum absolute atomic E-state index is 0.262. The maximum atomic E-state index is 6.28. The van der Waals surface area contributed by atoms with Crippen LogP contribution >= 0.6 is 0 Å². The zero-order chi connectivity index (χ0) is 19.6. The van der Waals surface area contributed by atoms with E-state index in [-0.39, 0.29) is 5.96 Å². The van der Waals surface area contributed by atoms with Crippen LogP contribution in [0.15, 0.2) is 38.7 Å². The van der Waals surface area contributed by atoms with Gasteiger partial charge in [0.1, 0.15) is 5.66 Å². The Bertz CT molecular complexity index is 878. The molecule has 1 spiro atoms. The van der Waals surface area contributed by atoms with E-state index in [1.807, 2.05) is 29.2 Å². The van der Waals surface area contributed by atoms with Crippen molar-refractivity contribution in [1.82, 2.24) is 10.2 Å². The summed E-state index contributed by atoms with van der Waals surface area (Å²) in [7, 11) is 0. The quantitative estimate of drug-likeness (QED) is 0.821. The number of benzene rings is 1. The van der Waals surface area contributed by atoms with Crippen LogP contribution < -0.4 is 16.4 Å². The number of unbranched alkanes of at least 4 members (excludes halogenated alkanes) is 1. The SMILES string of the molecule is CCCCc1nnc(-c2ccc(N3C(N)=NC(N)=NC34CCCCC4)cc2)o1. The van der Waals surface area contributed by atoms with Crippen LogP contribution in [0.5, 0.6) is 0 Å². The zero-order valence-corrected chi connectivity index (χ0v) is 16.3. The van der Waals surface area contributed by atoms with Crippen molar-refractivity contribution in [1.29, 1.82) is 0 Å². The van der Waals surface area contributed by atoms with Crippen molar-refractivity contribution in [3.8, 4) is 11.5 Å². The van der Waals surface area contributed by atoms with E-state index in [1.54, 1.807) is 0 Å². The number of guanidine groups is 2. The molecule has 28 heavy (non-hydrogen) atoms. The molecule has 0 atom stereocenters. The predicted octanol–water partition coefficient (Wildman–Crippen LogP) is 3.19. The van der Waals surface area contributed by atoms with Gasteiger partial charge in [0.25, 0.3) is 0 Å². The zero-order valence-electron chi connectivity index (χ0n) is 16.3. The van der Waals surface area contributed by atoms with Crippen LogP contribution in [-0.4, -0.2) is 27.8 Å². The van der Waals surface area contributed by atoms with Gasteiger partial charge in [0.2, 0.25) is 23.7 Å². The number of rotatable bonds is 5. The Hall–Kier alpha value is -2.90. The Morgan fingerprint density at radius 3 is 2.54 bits per heavy atom. The first-order valence-corrected chi connectivity index (χ1v) is 10.0. The molecule has 1 aromatic heterocycles. The molecule has 8 heteroatoms. The van der Waals surface area contributed by atoms with Gasteiger partial charge in [-0.2, -0.15) is 4.99 Å². The molecule has 8 nitrogen and oxygen atoms in total. The average Bonchev–Trinajstić information content (AvgIpc) is 3.16. The van der Waals surface area contributed by atoms with Gasteiger partial charge in [-0.15, -0.1) is 10.2 Å². The third kappa shape index (κ3) is 3.46. The Morgan fingerprint density at radius 2 is 1.82 bits per heavy atom. The third-order valence-corrected chi connectivity index (χ3v) is 5.43. The van der Waals surface area contributed by atoms with E-state index in [0.717, 1.165) is 56.2 Å². The van der Waals surface area contributed by atoms with Crippen molar-refractivity contribution < 1.29 is 4.42 Å². The maximum absolute atomic E-state index is 6.28. The van der Waals surface area contributed by atoms with Crippen molar-refractivity contribution in [2.45, 2.75) is 64.0 Å². The summed E-state index contributed by atoms with van der Waals surface area (Å²) in [6.45, 7) is 2.14. The number of aliphatic imine (C=N–C) groups is 2. The molecule has 0 unspecified atom stereocenters. The summed E-state index contributed by atoms with van der Waals surface area (Å²) in [4.78, 5) is 10.9. The second-order valence-corrected chi connectivity index (χ2v) is 7.47. The Balaban J connectivity index is 1.60. The highest BCUT2D eigenvalue weighted by atomic mass is 16.4. The van der Waals surface area contributed by atoms with Gasteiger partial charge in [-0.05, 0) is 56.4 Å². The number of nitrogens with two attached hydrogens (primary N) is 2. The van der Waals surface area contributed by atoms with E-state index in [0.29, 0.717) is 17.7 Å². The lowest BCUT2D eigenvalue weighted by molar-refractivity contribution is 0.305. The molecule has 1 aliphatic heterocycles. The number of hydrogen-bond acceptors (Lipinski definition) is 8. The van der Waals surface area contributed by atoms with Crippen LogP contribution in [0.4, 0.5) is 5.69 Å². The first kappa shape index (κ1) is 18.5. The van der Waals surface area contributed by atoms with Crippen molar-refractivity contribution in [3.05, 3.63) is 30.2 Å². The van der Waals surface area contributed by atoms with Gasteiger partial charge in [0, 0.05) is 17.7 Å². The van der Waals surface area contributed by atoms with Gasteiger partial charge >= 0.3 is 0 Å². The minimum atomic E-state index is -0.437. The smallest absolute Gasteiger partial charge is 0.247 e. The Kier molecular flexibility index (Phi) is 5.02. The van der Waals surface area contributed by atoms with E-state index in [4.69, 9.17) is 20.9 Å². The first-order valence-electron chi connectivity index (χ1n) is 10.0. The molecular formula is C20H27N7O. The summed E-state index contributed by atoms with van der Waals surface area (Å²) in [6.07, 6.45) is 8.18. The molecule has 0 bridgehead atoms. The Morgan fingerprint density at radius 1 is 1.07 bits per heavy atom. The van der Waals surface area contributed by atoms with Crippen molar-refractivity contribution in [3.63, 3.8) is 0 Å². The molecule has 0 amide bonds. The van der Waals surface area contributed by atoms with Crippen molar-refractivity contribution in [2.24, 2.45) is 21.5 Å². The number of aryl methyl sites for hydroxylation is 1. The molecule has 2 aromatic rings. The molecule has 1 saturated carbocycles. The van der Waals surface area contributed by atoms with Gasteiger partial charge in [-0.1, -0.05) is 19.8 Å². The summed E-state index contributed by atoms with van der Waals surface area (Å²) in [5.41, 5.74) is 13.6. The van der Waals surface area contributed by atoms with E-state index < -0.39 is 5.66 Å². The van der Waals surface area contributed by atoms with Gasteiger partial charge in [-0.25, -0.2) is 4.99 Å². The topological polar surface area (TPSA) is 119 Å². The number of nitrogens with zero attached hydrogens (tertiary/aromatic N) is 5. The lowest BCUT2D eigenvalue weighted by Crippen LogP contribution is -2.58. The van der Waals surface area contributed by atoms with E-state index in [2.05, 4.69) is 22.1 Å². The van der Waals surface area contributed by atoms with Gasteiger partial charge in [0.05, 0.1) is 0 Å². The predicted molar refractivity (Wildman–Crippen MR) is 110 cm³/mol. The molecule has 0 saturated heterocycles. The third-order valence-electron chi connectivity index (χ3n) is 5.43. The summed E-state index contributed by atoms with van der Waals surface area (Å²) >= 11 is 0. The van der Waals surface area contributed by atoms with Gasteiger partial charge in [-0.3, -0.25) is 4.90 Å².